The van der Waals surface area contributed by atoms with E-state index in [0.717, 1.165) is 11.0 Å². The van der Waals surface area contributed by atoms with Crippen LogP contribution in [0, 0.1) is 0 Å². The molecular formula is C12H13NO5S. The summed E-state index contributed by atoms with van der Waals surface area (Å²) in [6, 6.07) is 4.86. The van der Waals surface area contributed by atoms with E-state index in [1.54, 1.807) is 12.1 Å². The minimum Gasteiger partial charge on any atom is -0.481 e. The fraction of sp³-hybridized carbons (Fsp3) is 0.250. The lowest BCUT2D eigenvalue weighted by Gasteiger charge is -2.19. The lowest BCUT2D eigenvalue weighted by Crippen LogP contribution is -2.16. The first-order valence-corrected chi connectivity index (χ1v) is 7.03. The largest absolute Gasteiger partial charge is 0.481 e. The Morgan fingerprint density at radius 1 is 1.42 bits per heavy atom. The van der Waals surface area contributed by atoms with E-state index in [0.29, 0.717) is 12.3 Å². The Morgan fingerprint density at radius 2 is 2.16 bits per heavy atom. The highest BCUT2D eigenvalue weighted by Crippen LogP contribution is 2.31. The summed E-state index contributed by atoms with van der Waals surface area (Å²) in [7, 11) is -2.10. The van der Waals surface area contributed by atoms with Gasteiger partial charge in [0.15, 0.2) is 0 Å². The van der Waals surface area contributed by atoms with Crippen molar-refractivity contribution in [1.82, 2.24) is 0 Å². The number of methoxy groups -OCH3 is 1. The van der Waals surface area contributed by atoms with Gasteiger partial charge in [0, 0.05) is 12.8 Å². The van der Waals surface area contributed by atoms with Crippen LogP contribution < -0.4 is 5.32 Å². The summed E-state index contributed by atoms with van der Waals surface area (Å²) in [5, 5.41) is 12.5. The first kappa shape index (κ1) is 13.6. The fourth-order valence-corrected chi connectivity index (χ4v) is 3.25. The van der Waals surface area contributed by atoms with Gasteiger partial charge in [-0.05, 0) is 17.7 Å². The van der Waals surface area contributed by atoms with E-state index >= 15 is 0 Å². The summed E-state index contributed by atoms with van der Waals surface area (Å²) in [5.41, 5.74) is 1.28. The number of aliphatic carboxylic acids is 1. The van der Waals surface area contributed by atoms with E-state index in [2.05, 4.69) is 5.32 Å². The van der Waals surface area contributed by atoms with Crippen molar-refractivity contribution in [2.24, 2.45) is 0 Å². The van der Waals surface area contributed by atoms with Crippen LogP contribution >= 0.6 is 0 Å². The van der Waals surface area contributed by atoms with Crippen LogP contribution in [0.2, 0.25) is 0 Å². The summed E-state index contributed by atoms with van der Waals surface area (Å²) in [4.78, 5) is 10.8. The second-order valence-corrected chi connectivity index (χ2v) is 5.91. The Bertz CT molecular complexity index is 648. The fourth-order valence-electron chi connectivity index (χ4n) is 1.86. The zero-order valence-corrected chi connectivity index (χ0v) is 11.0. The van der Waals surface area contributed by atoms with Gasteiger partial charge < -0.3 is 15.2 Å². The molecule has 1 aromatic rings. The van der Waals surface area contributed by atoms with Gasteiger partial charge in [-0.3, -0.25) is 4.79 Å². The predicted molar refractivity (Wildman–Crippen MR) is 68.3 cm³/mol. The number of carbonyl (C=O) groups is 1. The van der Waals surface area contributed by atoms with Crippen molar-refractivity contribution in [3.05, 3.63) is 34.9 Å². The van der Waals surface area contributed by atoms with Crippen LogP contribution in [0.1, 0.15) is 12.0 Å². The highest BCUT2D eigenvalue weighted by Gasteiger charge is 2.24. The third kappa shape index (κ3) is 2.94. The van der Waals surface area contributed by atoms with E-state index in [-0.39, 0.29) is 17.0 Å². The molecule has 0 bridgehead atoms. The molecule has 0 unspecified atom stereocenters. The zero-order valence-electron chi connectivity index (χ0n) is 10.2. The Morgan fingerprint density at radius 3 is 2.79 bits per heavy atom. The van der Waals surface area contributed by atoms with Crippen LogP contribution in [0.3, 0.4) is 0 Å². The van der Waals surface area contributed by atoms with E-state index in [1.807, 2.05) is 0 Å². The van der Waals surface area contributed by atoms with Gasteiger partial charge in [0.25, 0.3) is 0 Å². The average Bonchev–Trinajstić information content (AvgIpc) is 2.28. The van der Waals surface area contributed by atoms with Crippen LogP contribution in [0.4, 0.5) is 5.69 Å². The summed E-state index contributed by atoms with van der Waals surface area (Å²) in [5.74, 6) is -1.09. The van der Waals surface area contributed by atoms with E-state index in [9.17, 15) is 13.2 Å². The number of benzene rings is 1. The maximum Gasteiger partial charge on any atom is 0.309 e. The van der Waals surface area contributed by atoms with E-state index < -0.39 is 15.8 Å². The van der Waals surface area contributed by atoms with E-state index in [1.165, 1.54) is 13.2 Å². The molecule has 6 nitrogen and oxygen atoms in total. The highest BCUT2D eigenvalue weighted by atomic mass is 32.2. The molecule has 0 fully saturated rings. The van der Waals surface area contributed by atoms with Crippen LogP contribution in [0.15, 0.2) is 34.2 Å². The first-order chi connectivity index (χ1) is 8.92. The zero-order chi connectivity index (χ0) is 14.0. The molecule has 0 spiro atoms. The molecular weight excluding hydrogens is 270 g/mol. The number of anilines is 1. The van der Waals surface area contributed by atoms with Gasteiger partial charge in [0.05, 0.1) is 29.0 Å². The van der Waals surface area contributed by atoms with Crippen LogP contribution in [0.5, 0.6) is 0 Å². The van der Waals surface area contributed by atoms with Gasteiger partial charge in [0.1, 0.15) is 0 Å². The Labute approximate surface area is 110 Å². The molecule has 2 rings (SSSR count). The molecule has 1 aliphatic heterocycles. The number of rotatable bonds is 4. The van der Waals surface area contributed by atoms with Gasteiger partial charge in [-0.25, -0.2) is 8.42 Å². The maximum atomic E-state index is 12.1. The maximum absolute atomic E-state index is 12.1. The summed E-state index contributed by atoms with van der Waals surface area (Å²) >= 11 is 0. The standard InChI is InChI=1S/C12H13NO5S/c1-18-6-8-2-3-10-11(4-8)19(16,17)7-9(13-10)5-12(14)15/h2-4,7,13H,5-6H2,1H3,(H,14,15). The topological polar surface area (TPSA) is 92.7 Å². The van der Waals surface area contributed by atoms with Crippen LogP contribution in [-0.2, 0) is 26.0 Å². The average molecular weight is 283 g/mol. The number of fused-ring (bicyclic) bond motifs is 1. The molecule has 0 aliphatic carbocycles. The second-order valence-electron chi connectivity index (χ2n) is 4.15. The third-order valence-corrected chi connectivity index (χ3v) is 4.14. The smallest absolute Gasteiger partial charge is 0.309 e. The Balaban J connectivity index is 2.42. The van der Waals surface area contributed by atoms with E-state index in [4.69, 9.17) is 9.84 Å². The molecule has 7 heteroatoms. The Kier molecular flexibility index (Phi) is 3.59. The number of hydrogen-bond donors (Lipinski definition) is 2. The quantitative estimate of drug-likeness (QED) is 0.866. The lowest BCUT2D eigenvalue weighted by molar-refractivity contribution is -0.136. The molecule has 0 atom stereocenters. The van der Waals surface area contributed by atoms with Crippen molar-refractivity contribution in [3.63, 3.8) is 0 Å². The summed E-state index contributed by atoms with van der Waals surface area (Å²) < 4.78 is 29.1. The Hall–Kier alpha value is -1.86. The van der Waals surface area contributed by atoms with Crippen molar-refractivity contribution >= 4 is 21.5 Å². The van der Waals surface area contributed by atoms with Crippen LogP contribution in [0.25, 0.3) is 0 Å². The molecule has 1 aromatic carbocycles. The molecule has 2 N–H and O–H groups in total. The first-order valence-electron chi connectivity index (χ1n) is 5.49. The number of sulfone groups is 1. The van der Waals surface area contributed by atoms with Crippen molar-refractivity contribution in [3.8, 4) is 0 Å². The monoisotopic (exact) mass is 283 g/mol. The molecule has 1 aliphatic rings. The molecule has 0 aromatic heterocycles. The van der Waals surface area contributed by atoms with Crippen molar-refractivity contribution in [2.75, 3.05) is 12.4 Å². The summed E-state index contributed by atoms with van der Waals surface area (Å²) in [6.07, 6.45) is -0.363. The summed E-state index contributed by atoms with van der Waals surface area (Å²) in [6.45, 7) is 0.314. The molecule has 0 radical (unpaired) electrons. The van der Waals surface area contributed by atoms with Gasteiger partial charge in [-0.15, -0.1) is 0 Å². The minimum atomic E-state index is -3.62. The lowest BCUT2D eigenvalue weighted by atomic mass is 10.2. The third-order valence-electron chi connectivity index (χ3n) is 2.60. The molecule has 1 heterocycles. The normalized spacial score (nSPS) is 16.2. The number of ether oxygens (including phenoxy) is 1. The number of carboxylic acid groups (broad SMARTS) is 1. The van der Waals surface area contributed by atoms with Crippen molar-refractivity contribution < 1.29 is 23.1 Å². The SMILES string of the molecule is COCc1ccc2c(c1)S(=O)(=O)C=C(CC(=O)O)N2. The molecule has 19 heavy (non-hydrogen) atoms. The van der Waals surface area contributed by atoms with Gasteiger partial charge >= 0.3 is 5.97 Å². The number of hydrogen-bond acceptors (Lipinski definition) is 5. The molecule has 102 valence electrons. The number of carboxylic acids is 1. The van der Waals surface area contributed by atoms with Gasteiger partial charge in [0.2, 0.25) is 9.84 Å². The van der Waals surface area contributed by atoms with Crippen LogP contribution in [-0.4, -0.2) is 26.6 Å². The predicted octanol–water partition coefficient (Wildman–Crippen LogP) is 1.35. The number of nitrogens with one attached hydrogen (secondary N) is 1. The van der Waals surface area contributed by atoms with Gasteiger partial charge in [-0.1, -0.05) is 6.07 Å². The van der Waals surface area contributed by atoms with Gasteiger partial charge in [-0.2, -0.15) is 0 Å². The molecule has 0 saturated carbocycles. The van der Waals surface area contributed by atoms with Crippen molar-refractivity contribution in [2.45, 2.75) is 17.9 Å². The minimum absolute atomic E-state index is 0.135. The highest BCUT2D eigenvalue weighted by molar-refractivity contribution is 7.94. The van der Waals surface area contributed by atoms with Crippen molar-refractivity contribution in [1.29, 1.82) is 0 Å². The second kappa shape index (κ2) is 5.02. The molecule has 0 amide bonds. The molecule has 0 saturated heterocycles.